The lowest BCUT2D eigenvalue weighted by atomic mass is 10.1. The number of ketones is 1. The average molecular weight is 806 g/mol. The molecule has 2 atom stereocenters. The fraction of sp³-hybridized carbons (Fsp3) is 0.750. The summed E-state index contributed by atoms with van der Waals surface area (Å²) in [6, 6.07) is -1.68. The van der Waals surface area contributed by atoms with Crippen molar-refractivity contribution in [3.8, 4) is 0 Å². The number of aliphatic carboxylic acids is 4. The number of amides is 3. The molecule has 308 valence electrons. The summed E-state index contributed by atoms with van der Waals surface area (Å²) < 4.78 is 0. The minimum atomic E-state index is -1.31. The first kappa shape index (κ1) is 48.5. The Morgan fingerprint density at radius 1 is 0.611 bits per heavy atom. The molecule has 3 amide bonds. The van der Waals surface area contributed by atoms with Crippen molar-refractivity contribution >= 4 is 69.0 Å². The molecule has 0 bridgehead atoms. The Kier molecular flexibility index (Phi) is 25.1. The molecule has 5 N–H and O–H groups in total. The first-order valence-electron chi connectivity index (χ1n) is 17.6. The Hall–Kier alpha value is -3.54. The number of carboxylic acid groups (broad SMARTS) is 4. The van der Waals surface area contributed by atoms with Crippen LogP contribution in [0.3, 0.4) is 0 Å². The fourth-order valence-electron chi connectivity index (χ4n) is 5.29. The molecule has 20 nitrogen and oxygen atoms in total. The highest BCUT2D eigenvalue weighted by Crippen LogP contribution is 2.19. The molecule has 1 fully saturated rings. The van der Waals surface area contributed by atoms with Gasteiger partial charge in [-0.05, 0) is 26.8 Å². The molecule has 1 aliphatic heterocycles. The van der Waals surface area contributed by atoms with E-state index in [0.717, 1.165) is 0 Å². The van der Waals surface area contributed by atoms with Crippen LogP contribution in [0.1, 0.15) is 32.6 Å². The van der Waals surface area contributed by atoms with Crippen molar-refractivity contribution in [2.24, 2.45) is 0 Å². The maximum Gasteiger partial charge on any atom is 0.303 e. The largest absolute Gasteiger partial charge is 0.549 e. The van der Waals surface area contributed by atoms with E-state index in [1.165, 1.54) is 35.6 Å². The number of hydrogen-bond donors (Lipinski definition) is 5. The van der Waals surface area contributed by atoms with Gasteiger partial charge in [0, 0.05) is 109 Å². The molecule has 0 radical (unpaired) electrons. The van der Waals surface area contributed by atoms with E-state index in [4.69, 9.17) is 5.11 Å². The van der Waals surface area contributed by atoms with Crippen LogP contribution in [-0.2, 0) is 38.4 Å². The summed E-state index contributed by atoms with van der Waals surface area (Å²) in [6.07, 6.45) is -0.0883. The lowest BCUT2D eigenvalue weighted by molar-refractivity contribution is -0.308. The van der Waals surface area contributed by atoms with Gasteiger partial charge >= 0.3 is 5.97 Å². The number of hydrogen-bond acceptors (Lipinski definition) is 18. The second kappa shape index (κ2) is 28.0. The van der Waals surface area contributed by atoms with Gasteiger partial charge in [0.1, 0.15) is 0 Å². The number of rotatable bonds is 25. The molecule has 0 aliphatic carbocycles. The molecule has 0 spiro atoms. The number of carbonyl (C=O) groups is 8. The standard InChI is InChI=1S/C32H56N8O12S2/c1-23(41)24(36-32(52)25(33-2)4-6-28(44)45)3-5-26(42)34-7-17-53-54-18-8-35-27(43)19-37-9-11-38(20-29(46)47)13-15-40(22-31(50)51)16-14-39(12-10-37)21-30(48)49/h24-25,33H,3-22H2,1-2H3,(H,34,42)(H,35,43)(H,36,52)(H,44,45)(H,46,47)(H,48,49)(H,50,51)/p-3. The van der Waals surface area contributed by atoms with Crippen molar-refractivity contribution in [1.82, 2.24) is 40.9 Å². The monoisotopic (exact) mass is 805 g/mol. The first-order chi connectivity index (χ1) is 25.6. The van der Waals surface area contributed by atoms with E-state index in [1.807, 2.05) is 0 Å². The van der Waals surface area contributed by atoms with E-state index in [-0.39, 0.29) is 115 Å². The Labute approximate surface area is 322 Å². The maximum absolute atomic E-state index is 12.8. The zero-order valence-electron chi connectivity index (χ0n) is 30.8. The van der Waals surface area contributed by atoms with Crippen molar-refractivity contribution in [3.05, 3.63) is 0 Å². The lowest BCUT2D eigenvalue weighted by Crippen LogP contribution is -2.52. The zero-order chi connectivity index (χ0) is 40.5. The predicted molar refractivity (Wildman–Crippen MR) is 193 cm³/mol. The Bertz CT molecular complexity index is 1220. The van der Waals surface area contributed by atoms with Crippen LogP contribution >= 0.6 is 21.6 Å². The maximum atomic E-state index is 12.8. The SMILES string of the molecule is CNC(CCC(=O)O)C(=O)NC(CCC(=O)NCCSSCCNC(=O)CN1CCN(CC(=O)[O-])CCN(CC(=O)[O-])CCN(CC(=O)[O-])CC1)C(C)=O. The van der Waals surface area contributed by atoms with Crippen LogP contribution in [0.2, 0.25) is 0 Å². The van der Waals surface area contributed by atoms with Crippen LogP contribution in [0.15, 0.2) is 0 Å². The van der Waals surface area contributed by atoms with Crippen LogP contribution in [0.5, 0.6) is 0 Å². The summed E-state index contributed by atoms with van der Waals surface area (Å²) in [5.41, 5.74) is 0. The second-order valence-electron chi connectivity index (χ2n) is 12.5. The number of likely N-dealkylation sites (N-methyl/N-ethyl adjacent to an activating group) is 1. The first-order valence-corrected chi connectivity index (χ1v) is 20.0. The number of Topliss-reactive ketones (excluding diaryl/α,β-unsaturated/α-hetero) is 1. The van der Waals surface area contributed by atoms with Gasteiger partial charge in [-0.25, -0.2) is 0 Å². The van der Waals surface area contributed by atoms with Gasteiger partial charge in [0.25, 0.3) is 0 Å². The van der Waals surface area contributed by atoms with Crippen molar-refractivity contribution in [2.75, 3.05) is 110 Å². The average Bonchev–Trinajstić information content (AvgIpc) is 3.08. The quantitative estimate of drug-likeness (QED) is 0.0423. The molecule has 1 rings (SSSR count). The van der Waals surface area contributed by atoms with Crippen molar-refractivity contribution in [3.63, 3.8) is 0 Å². The Morgan fingerprint density at radius 3 is 1.37 bits per heavy atom. The highest BCUT2D eigenvalue weighted by Gasteiger charge is 2.24. The molecule has 0 aromatic rings. The normalized spacial score (nSPS) is 16.6. The molecular formula is C32H53N8O12S2-3. The Balaban J connectivity index is 2.47. The third kappa shape index (κ3) is 24.0. The van der Waals surface area contributed by atoms with Gasteiger partial charge in [-0.1, -0.05) is 21.6 Å². The summed E-state index contributed by atoms with van der Waals surface area (Å²) in [4.78, 5) is 101. The molecule has 0 saturated carbocycles. The number of carboxylic acids is 4. The summed E-state index contributed by atoms with van der Waals surface area (Å²) in [5.74, 6) is -5.25. The molecule has 0 aromatic carbocycles. The molecule has 22 heteroatoms. The fourth-order valence-corrected chi connectivity index (χ4v) is 7.10. The van der Waals surface area contributed by atoms with Gasteiger partial charge < -0.3 is 56.1 Å². The number of carbonyl (C=O) groups excluding carboxylic acids is 7. The minimum Gasteiger partial charge on any atom is -0.549 e. The molecule has 1 heterocycles. The summed E-state index contributed by atoms with van der Waals surface area (Å²) in [7, 11) is 4.48. The van der Waals surface area contributed by atoms with Crippen LogP contribution < -0.4 is 36.6 Å². The predicted octanol–water partition coefficient (Wildman–Crippen LogP) is -6.62. The van der Waals surface area contributed by atoms with E-state index >= 15 is 0 Å². The smallest absolute Gasteiger partial charge is 0.303 e. The van der Waals surface area contributed by atoms with Gasteiger partial charge in [0.2, 0.25) is 17.7 Å². The van der Waals surface area contributed by atoms with Gasteiger partial charge in [-0.15, -0.1) is 0 Å². The third-order valence-electron chi connectivity index (χ3n) is 8.23. The second-order valence-corrected chi connectivity index (χ2v) is 15.3. The molecule has 1 aliphatic rings. The van der Waals surface area contributed by atoms with Gasteiger partial charge in [-0.3, -0.25) is 43.6 Å². The van der Waals surface area contributed by atoms with Gasteiger partial charge in [0.05, 0.1) is 36.5 Å². The van der Waals surface area contributed by atoms with E-state index in [2.05, 4.69) is 21.3 Å². The molecule has 0 aromatic heterocycles. The van der Waals surface area contributed by atoms with Gasteiger partial charge in [-0.2, -0.15) is 0 Å². The number of nitrogens with one attached hydrogen (secondary N) is 4. The van der Waals surface area contributed by atoms with Crippen molar-refractivity contribution in [1.29, 1.82) is 0 Å². The van der Waals surface area contributed by atoms with E-state index in [9.17, 15) is 53.7 Å². The van der Waals surface area contributed by atoms with Crippen LogP contribution in [-0.4, -0.2) is 194 Å². The molecule has 54 heavy (non-hydrogen) atoms. The van der Waals surface area contributed by atoms with E-state index < -0.39 is 48.4 Å². The minimum absolute atomic E-state index is 0.00234. The van der Waals surface area contributed by atoms with Crippen molar-refractivity contribution < 1.29 is 58.8 Å². The van der Waals surface area contributed by atoms with Crippen LogP contribution in [0, 0.1) is 0 Å². The highest BCUT2D eigenvalue weighted by atomic mass is 33.1. The molecule has 2 unspecified atom stereocenters. The Morgan fingerprint density at radius 2 is 1.00 bits per heavy atom. The van der Waals surface area contributed by atoms with Gasteiger partial charge in [0.15, 0.2) is 5.78 Å². The number of nitrogens with zero attached hydrogens (tertiary/aromatic N) is 4. The summed E-state index contributed by atoms with van der Waals surface area (Å²) >= 11 is 0. The summed E-state index contributed by atoms with van der Waals surface area (Å²) in [6.45, 7) is 2.67. The zero-order valence-corrected chi connectivity index (χ0v) is 32.5. The summed E-state index contributed by atoms with van der Waals surface area (Å²) in [5, 5.41) is 53.7. The topological polar surface area (TPSA) is 287 Å². The third-order valence-corrected chi connectivity index (χ3v) is 10.6. The highest BCUT2D eigenvalue weighted by molar-refractivity contribution is 8.76. The molecule has 1 saturated heterocycles. The van der Waals surface area contributed by atoms with E-state index in [1.54, 1.807) is 19.6 Å². The van der Waals surface area contributed by atoms with Crippen LogP contribution in [0.4, 0.5) is 0 Å². The van der Waals surface area contributed by atoms with E-state index in [0.29, 0.717) is 24.6 Å². The van der Waals surface area contributed by atoms with Crippen LogP contribution in [0.25, 0.3) is 0 Å². The lowest BCUT2D eigenvalue weighted by Gasteiger charge is -2.34. The van der Waals surface area contributed by atoms with Crippen molar-refractivity contribution in [2.45, 2.75) is 44.7 Å². The molecular weight excluding hydrogens is 753 g/mol.